The summed E-state index contributed by atoms with van der Waals surface area (Å²) in [6, 6.07) is 0.0797. The molecule has 18 heavy (non-hydrogen) atoms. The van der Waals surface area contributed by atoms with Crippen LogP contribution in [0.5, 0.6) is 0 Å². The number of nitrogens with two attached hydrogens (primary N) is 1. The molecule has 0 aromatic carbocycles. The average molecular weight is 253 g/mol. The maximum absolute atomic E-state index is 12.1. The van der Waals surface area contributed by atoms with Gasteiger partial charge in [-0.25, -0.2) is 0 Å². The molecule has 4 N–H and O–H groups in total. The van der Waals surface area contributed by atoms with Crippen LogP contribution < -0.4 is 16.4 Å². The zero-order valence-corrected chi connectivity index (χ0v) is 11.1. The fourth-order valence-electron chi connectivity index (χ4n) is 3.38. The number of rotatable bonds is 4. The van der Waals surface area contributed by atoms with Gasteiger partial charge in [-0.1, -0.05) is 0 Å². The molecule has 0 radical (unpaired) electrons. The van der Waals surface area contributed by atoms with Crippen LogP contribution in [0.4, 0.5) is 0 Å². The Morgan fingerprint density at radius 1 is 1.28 bits per heavy atom. The first-order valence-electron chi connectivity index (χ1n) is 6.81. The highest BCUT2D eigenvalue weighted by Gasteiger charge is 2.48. The Kier molecular flexibility index (Phi) is 3.90. The first-order valence-corrected chi connectivity index (χ1v) is 6.81. The number of carbonyl (C=O) groups is 2. The topological polar surface area (TPSA) is 84.2 Å². The van der Waals surface area contributed by atoms with Crippen LogP contribution in [0.3, 0.4) is 0 Å². The zero-order chi connectivity index (χ0) is 13.3. The third kappa shape index (κ3) is 2.66. The van der Waals surface area contributed by atoms with E-state index in [1.165, 1.54) is 0 Å². The molecule has 2 aliphatic carbocycles. The van der Waals surface area contributed by atoms with Crippen LogP contribution in [0.1, 0.15) is 33.1 Å². The van der Waals surface area contributed by atoms with E-state index in [0.717, 1.165) is 19.3 Å². The summed E-state index contributed by atoms with van der Waals surface area (Å²) in [7, 11) is 0. The molecule has 2 bridgehead atoms. The van der Waals surface area contributed by atoms with E-state index in [0.29, 0.717) is 11.8 Å². The molecule has 2 aliphatic rings. The van der Waals surface area contributed by atoms with Gasteiger partial charge in [-0.2, -0.15) is 0 Å². The molecule has 4 unspecified atom stereocenters. The predicted octanol–water partition coefficient (Wildman–Crippen LogP) is 0.000600. The number of fused-ring (bicyclic) bond motifs is 2. The van der Waals surface area contributed by atoms with Gasteiger partial charge < -0.3 is 16.4 Å². The first kappa shape index (κ1) is 13.3. The molecule has 4 atom stereocenters. The molecule has 2 fully saturated rings. The van der Waals surface area contributed by atoms with E-state index in [9.17, 15) is 9.59 Å². The third-order valence-electron chi connectivity index (χ3n) is 4.16. The van der Waals surface area contributed by atoms with Crippen molar-refractivity contribution in [3.63, 3.8) is 0 Å². The van der Waals surface area contributed by atoms with Crippen molar-refractivity contribution in [1.29, 1.82) is 0 Å². The van der Waals surface area contributed by atoms with Gasteiger partial charge in [0.2, 0.25) is 11.8 Å². The summed E-state index contributed by atoms with van der Waals surface area (Å²) in [5, 5.41) is 5.46. The summed E-state index contributed by atoms with van der Waals surface area (Å²) in [4.78, 5) is 23.5. The molecule has 2 rings (SSSR count). The minimum Gasteiger partial charge on any atom is -0.352 e. The Labute approximate surface area is 108 Å². The Balaban J connectivity index is 1.80. The van der Waals surface area contributed by atoms with Crippen molar-refractivity contribution in [1.82, 2.24) is 10.6 Å². The van der Waals surface area contributed by atoms with E-state index in [1.54, 1.807) is 0 Å². The van der Waals surface area contributed by atoms with Gasteiger partial charge in [0.1, 0.15) is 0 Å². The molecule has 0 aromatic heterocycles. The molecule has 0 aliphatic heterocycles. The number of nitrogens with one attached hydrogen (secondary N) is 2. The van der Waals surface area contributed by atoms with Crippen LogP contribution in [0.2, 0.25) is 0 Å². The Morgan fingerprint density at radius 2 is 1.94 bits per heavy atom. The highest BCUT2D eigenvalue weighted by Crippen LogP contribution is 2.47. The first-order chi connectivity index (χ1) is 8.49. The van der Waals surface area contributed by atoms with Gasteiger partial charge in [0.05, 0.1) is 12.5 Å². The summed E-state index contributed by atoms with van der Waals surface area (Å²) in [6.07, 6.45) is 3.34. The Bertz CT molecular complexity index is 341. The molecule has 0 spiro atoms. The lowest BCUT2D eigenvalue weighted by molar-refractivity contribution is -0.130. The van der Waals surface area contributed by atoms with Crippen molar-refractivity contribution in [3.05, 3.63) is 0 Å². The quantitative estimate of drug-likeness (QED) is 0.659. The second kappa shape index (κ2) is 5.26. The lowest BCUT2D eigenvalue weighted by atomic mass is 9.84. The average Bonchev–Trinajstić information content (AvgIpc) is 2.85. The van der Waals surface area contributed by atoms with Crippen LogP contribution in [0.25, 0.3) is 0 Å². The monoisotopic (exact) mass is 253 g/mol. The van der Waals surface area contributed by atoms with Crippen molar-refractivity contribution in [3.8, 4) is 0 Å². The summed E-state index contributed by atoms with van der Waals surface area (Å²) in [6.45, 7) is 3.84. The van der Waals surface area contributed by atoms with Gasteiger partial charge in [0.15, 0.2) is 0 Å². The van der Waals surface area contributed by atoms with Gasteiger partial charge in [0.25, 0.3) is 0 Å². The van der Waals surface area contributed by atoms with E-state index in [2.05, 4.69) is 10.6 Å². The van der Waals surface area contributed by atoms with Gasteiger partial charge in [-0.3, -0.25) is 9.59 Å². The molecule has 0 heterocycles. The fraction of sp³-hybridized carbons (Fsp3) is 0.846. The van der Waals surface area contributed by atoms with E-state index in [1.807, 2.05) is 13.8 Å². The third-order valence-corrected chi connectivity index (χ3v) is 4.16. The highest BCUT2D eigenvalue weighted by atomic mass is 16.2. The maximum atomic E-state index is 12.1. The summed E-state index contributed by atoms with van der Waals surface area (Å²) in [5.41, 5.74) is 6.09. The number of amides is 2. The lowest BCUT2D eigenvalue weighted by Gasteiger charge is -2.26. The van der Waals surface area contributed by atoms with Crippen molar-refractivity contribution < 1.29 is 9.59 Å². The van der Waals surface area contributed by atoms with E-state index in [-0.39, 0.29) is 36.4 Å². The van der Waals surface area contributed by atoms with Crippen molar-refractivity contribution in [2.24, 2.45) is 23.5 Å². The van der Waals surface area contributed by atoms with E-state index >= 15 is 0 Å². The van der Waals surface area contributed by atoms with Crippen LogP contribution in [-0.2, 0) is 9.59 Å². The van der Waals surface area contributed by atoms with Crippen molar-refractivity contribution in [2.45, 2.75) is 45.2 Å². The van der Waals surface area contributed by atoms with Crippen LogP contribution in [0.15, 0.2) is 0 Å². The number of carbonyl (C=O) groups excluding carboxylic acids is 2. The minimum atomic E-state index is -0.143. The minimum absolute atomic E-state index is 0.0168. The molecule has 0 saturated heterocycles. The summed E-state index contributed by atoms with van der Waals surface area (Å²) < 4.78 is 0. The summed E-state index contributed by atoms with van der Waals surface area (Å²) >= 11 is 0. The highest BCUT2D eigenvalue weighted by molar-refractivity contribution is 5.86. The normalized spacial score (nSPS) is 33.8. The molecular formula is C13H23N3O2. The Morgan fingerprint density at radius 3 is 2.50 bits per heavy atom. The van der Waals surface area contributed by atoms with Gasteiger partial charge in [0, 0.05) is 12.1 Å². The zero-order valence-electron chi connectivity index (χ0n) is 11.1. The SMILES string of the molecule is CC(C)NC(=O)CNC(=O)C1C2CCC(C2)C1N. The molecule has 5 heteroatoms. The molecule has 0 aromatic rings. The van der Waals surface area contributed by atoms with Crippen molar-refractivity contribution in [2.75, 3.05) is 6.54 Å². The van der Waals surface area contributed by atoms with Crippen LogP contribution in [0, 0.1) is 17.8 Å². The fourth-order valence-corrected chi connectivity index (χ4v) is 3.38. The standard InChI is InChI=1S/C13H23N3O2/c1-7(2)16-10(17)6-15-13(18)11-8-3-4-9(5-8)12(11)14/h7-9,11-12H,3-6,14H2,1-2H3,(H,15,18)(H,16,17). The molecule has 2 saturated carbocycles. The predicted molar refractivity (Wildman–Crippen MR) is 68.6 cm³/mol. The van der Waals surface area contributed by atoms with Gasteiger partial charge in [-0.05, 0) is 44.9 Å². The molecule has 102 valence electrons. The lowest BCUT2D eigenvalue weighted by Crippen LogP contribution is -2.48. The Hall–Kier alpha value is -1.10. The van der Waals surface area contributed by atoms with Gasteiger partial charge in [-0.15, -0.1) is 0 Å². The smallest absolute Gasteiger partial charge is 0.239 e. The number of hydrogen-bond donors (Lipinski definition) is 3. The number of hydrogen-bond acceptors (Lipinski definition) is 3. The van der Waals surface area contributed by atoms with E-state index < -0.39 is 0 Å². The largest absolute Gasteiger partial charge is 0.352 e. The van der Waals surface area contributed by atoms with Crippen molar-refractivity contribution >= 4 is 11.8 Å². The molecule has 5 nitrogen and oxygen atoms in total. The van der Waals surface area contributed by atoms with Gasteiger partial charge >= 0.3 is 0 Å². The molecule has 2 amide bonds. The molecular weight excluding hydrogens is 230 g/mol. The second-order valence-corrected chi connectivity index (χ2v) is 5.88. The maximum Gasteiger partial charge on any atom is 0.239 e. The van der Waals surface area contributed by atoms with Crippen LogP contribution >= 0.6 is 0 Å². The summed E-state index contributed by atoms with van der Waals surface area (Å²) in [5.74, 6) is 0.660. The van der Waals surface area contributed by atoms with E-state index in [4.69, 9.17) is 5.73 Å². The second-order valence-electron chi connectivity index (χ2n) is 5.88. The van der Waals surface area contributed by atoms with Crippen LogP contribution in [-0.4, -0.2) is 30.4 Å².